The summed E-state index contributed by atoms with van der Waals surface area (Å²) in [6.45, 7) is 0.819. The van der Waals surface area contributed by atoms with Crippen LogP contribution in [0, 0.1) is 5.92 Å². The summed E-state index contributed by atoms with van der Waals surface area (Å²) < 4.78 is 5.82. The van der Waals surface area contributed by atoms with Gasteiger partial charge in [-0.05, 0) is 37.1 Å². The van der Waals surface area contributed by atoms with Crippen molar-refractivity contribution < 1.29 is 14.3 Å². The Morgan fingerprint density at radius 3 is 2.30 bits per heavy atom. The van der Waals surface area contributed by atoms with Gasteiger partial charge in [0, 0.05) is 19.0 Å². The summed E-state index contributed by atoms with van der Waals surface area (Å²) in [6.07, 6.45) is 5.44. The van der Waals surface area contributed by atoms with Crippen LogP contribution in [0.4, 0.5) is 0 Å². The van der Waals surface area contributed by atoms with E-state index in [-0.39, 0.29) is 17.7 Å². The Morgan fingerprint density at radius 1 is 0.852 bits per heavy atom. The van der Waals surface area contributed by atoms with Gasteiger partial charge in [-0.15, -0.1) is 0 Å². The molecule has 5 nitrogen and oxygen atoms in total. The molecule has 2 aromatic rings. The van der Waals surface area contributed by atoms with Gasteiger partial charge in [-0.25, -0.2) is 0 Å². The molecule has 0 aromatic heterocycles. The first kappa shape index (κ1) is 19.0. The maximum Gasteiger partial charge on any atom is 0.255 e. The van der Waals surface area contributed by atoms with Crippen molar-refractivity contribution in [1.29, 1.82) is 0 Å². The van der Waals surface area contributed by atoms with Crippen molar-refractivity contribution in [3.8, 4) is 11.5 Å². The van der Waals surface area contributed by atoms with Crippen LogP contribution in [-0.2, 0) is 4.79 Å². The minimum atomic E-state index is -0.214. The molecule has 0 atom stereocenters. The molecule has 0 radical (unpaired) electrons. The van der Waals surface area contributed by atoms with E-state index >= 15 is 0 Å². The second kappa shape index (κ2) is 9.76. The lowest BCUT2D eigenvalue weighted by Crippen LogP contribution is -2.38. The molecule has 1 aliphatic rings. The lowest BCUT2D eigenvalue weighted by Gasteiger charge is -2.20. The zero-order chi connectivity index (χ0) is 18.9. The predicted molar refractivity (Wildman–Crippen MR) is 105 cm³/mol. The number of benzene rings is 2. The summed E-state index contributed by atoms with van der Waals surface area (Å²) in [5, 5.41) is 5.78. The van der Waals surface area contributed by atoms with Crippen LogP contribution in [0.25, 0.3) is 0 Å². The molecule has 0 saturated heterocycles. The van der Waals surface area contributed by atoms with Gasteiger partial charge >= 0.3 is 0 Å². The molecule has 0 aliphatic heterocycles. The Kier molecular flexibility index (Phi) is 6.85. The van der Waals surface area contributed by atoms with Crippen LogP contribution >= 0.6 is 0 Å². The fourth-order valence-corrected chi connectivity index (χ4v) is 3.32. The number of para-hydroxylation sites is 2. The Bertz CT molecular complexity index is 755. The molecule has 142 valence electrons. The highest BCUT2D eigenvalue weighted by Gasteiger charge is 2.20. The standard InChI is InChI=1S/C22H26N2O3/c25-21(17-9-3-1-4-10-17)23-15-16-24-22(26)19-13-7-8-14-20(19)27-18-11-5-2-6-12-18/h2,5-8,11-14,17H,1,3-4,9-10,15-16H2,(H,23,25)(H,24,26). The first-order valence-electron chi connectivity index (χ1n) is 9.62. The molecule has 1 aliphatic carbocycles. The van der Waals surface area contributed by atoms with E-state index in [1.54, 1.807) is 18.2 Å². The monoisotopic (exact) mass is 366 g/mol. The van der Waals surface area contributed by atoms with E-state index in [0.29, 0.717) is 30.2 Å². The first-order chi connectivity index (χ1) is 13.2. The van der Waals surface area contributed by atoms with E-state index in [1.165, 1.54) is 6.42 Å². The topological polar surface area (TPSA) is 67.4 Å². The van der Waals surface area contributed by atoms with E-state index < -0.39 is 0 Å². The molecule has 0 spiro atoms. The van der Waals surface area contributed by atoms with Crippen LogP contribution in [0.3, 0.4) is 0 Å². The minimum absolute atomic E-state index is 0.108. The summed E-state index contributed by atoms with van der Waals surface area (Å²) in [6, 6.07) is 16.5. The van der Waals surface area contributed by atoms with Crippen molar-refractivity contribution in [3.63, 3.8) is 0 Å². The fourth-order valence-electron chi connectivity index (χ4n) is 3.32. The van der Waals surface area contributed by atoms with Crippen LogP contribution in [0.15, 0.2) is 54.6 Å². The zero-order valence-corrected chi connectivity index (χ0v) is 15.4. The van der Waals surface area contributed by atoms with Gasteiger partial charge in [-0.2, -0.15) is 0 Å². The Labute approximate surface area is 160 Å². The van der Waals surface area contributed by atoms with Crippen molar-refractivity contribution in [2.45, 2.75) is 32.1 Å². The maximum atomic E-state index is 12.5. The van der Waals surface area contributed by atoms with Crippen molar-refractivity contribution in [3.05, 3.63) is 60.2 Å². The quantitative estimate of drug-likeness (QED) is 0.730. The summed E-state index contributed by atoms with van der Waals surface area (Å²) in [7, 11) is 0. The molecule has 0 unspecified atom stereocenters. The SMILES string of the molecule is O=C(NCCNC(=O)C1CCCCC1)c1ccccc1Oc1ccccc1. The lowest BCUT2D eigenvalue weighted by atomic mass is 9.89. The predicted octanol–water partition coefficient (Wildman–Crippen LogP) is 3.91. The van der Waals surface area contributed by atoms with Crippen molar-refractivity contribution in [2.75, 3.05) is 13.1 Å². The Morgan fingerprint density at radius 2 is 1.52 bits per heavy atom. The highest BCUT2D eigenvalue weighted by Crippen LogP contribution is 2.25. The van der Waals surface area contributed by atoms with Crippen LogP contribution in [0.2, 0.25) is 0 Å². The number of amides is 2. The molecular formula is C22H26N2O3. The van der Waals surface area contributed by atoms with Gasteiger partial charge in [0.15, 0.2) is 0 Å². The number of carbonyl (C=O) groups is 2. The van der Waals surface area contributed by atoms with Crippen molar-refractivity contribution >= 4 is 11.8 Å². The Hall–Kier alpha value is -2.82. The molecule has 3 rings (SSSR count). The van der Waals surface area contributed by atoms with Gasteiger partial charge < -0.3 is 15.4 Å². The maximum absolute atomic E-state index is 12.5. The zero-order valence-electron chi connectivity index (χ0n) is 15.4. The third kappa shape index (κ3) is 5.58. The molecule has 2 amide bonds. The van der Waals surface area contributed by atoms with E-state index in [9.17, 15) is 9.59 Å². The molecule has 5 heteroatoms. The van der Waals surface area contributed by atoms with E-state index in [0.717, 1.165) is 25.7 Å². The summed E-state index contributed by atoms with van der Waals surface area (Å²) in [5.74, 6) is 1.21. The molecule has 1 fully saturated rings. The number of rotatable bonds is 7. The minimum Gasteiger partial charge on any atom is -0.457 e. The van der Waals surface area contributed by atoms with E-state index in [4.69, 9.17) is 4.74 Å². The normalized spacial score (nSPS) is 14.4. The summed E-state index contributed by atoms with van der Waals surface area (Å²) in [5.41, 5.74) is 0.472. The molecule has 1 saturated carbocycles. The molecule has 2 aromatic carbocycles. The molecule has 2 N–H and O–H groups in total. The lowest BCUT2D eigenvalue weighted by molar-refractivity contribution is -0.125. The highest BCUT2D eigenvalue weighted by molar-refractivity contribution is 5.97. The van der Waals surface area contributed by atoms with Crippen molar-refractivity contribution in [2.24, 2.45) is 5.92 Å². The second-order valence-corrected chi connectivity index (χ2v) is 6.79. The average Bonchev–Trinajstić information content (AvgIpc) is 2.72. The number of hydrogen-bond donors (Lipinski definition) is 2. The highest BCUT2D eigenvalue weighted by atomic mass is 16.5. The average molecular weight is 366 g/mol. The third-order valence-electron chi connectivity index (χ3n) is 4.79. The number of nitrogens with one attached hydrogen (secondary N) is 2. The summed E-state index contributed by atoms with van der Waals surface area (Å²) in [4.78, 5) is 24.6. The van der Waals surface area contributed by atoms with Crippen LogP contribution in [-0.4, -0.2) is 24.9 Å². The largest absolute Gasteiger partial charge is 0.457 e. The van der Waals surface area contributed by atoms with E-state index in [2.05, 4.69) is 10.6 Å². The number of ether oxygens (including phenoxy) is 1. The molecular weight excluding hydrogens is 340 g/mol. The molecule has 0 bridgehead atoms. The van der Waals surface area contributed by atoms with Crippen LogP contribution in [0.5, 0.6) is 11.5 Å². The first-order valence-corrected chi connectivity index (χ1v) is 9.62. The van der Waals surface area contributed by atoms with Gasteiger partial charge in [0.1, 0.15) is 11.5 Å². The van der Waals surface area contributed by atoms with Crippen LogP contribution in [0.1, 0.15) is 42.5 Å². The third-order valence-corrected chi connectivity index (χ3v) is 4.79. The fraction of sp³-hybridized carbons (Fsp3) is 0.364. The molecule has 0 heterocycles. The second-order valence-electron chi connectivity index (χ2n) is 6.79. The van der Waals surface area contributed by atoms with Crippen LogP contribution < -0.4 is 15.4 Å². The van der Waals surface area contributed by atoms with Gasteiger partial charge in [-0.3, -0.25) is 9.59 Å². The van der Waals surface area contributed by atoms with Gasteiger partial charge in [0.2, 0.25) is 5.91 Å². The van der Waals surface area contributed by atoms with Gasteiger partial charge in [-0.1, -0.05) is 49.6 Å². The number of carbonyl (C=O) groups excluding carboxylic acids is 2. The van der Waals surface area contributed by atoms with E-state index in [1.807, 2.05) is 36.4 Å². The Balaban J connectivity index is 1.49. The van der Waals surface area contributed by atoms with Gasteiger partial charge in [0.05, 0.1) is 5.56 Å². The van der Waals surface area contributed by atoms with Crippen molar-refractivity contribution in [1.82, 2.24) is 10.6 Å². The number of hydrogen-bond acceptors (Lipinski definition) is 3. The van der Waals surface area contributed by atoms with Gasteiger partial charge in [0.25, 0.3) is 5.91 Å². The molecule has 27 heavy (non-hydrogen) atoms. The smallest absolute Gasteiger partial charge is 0.255 e. The summed E-state index contributed by atoms with van der Waals surface area (Å²) >= 11 is 0.